The molecule has 2 unspecified atom stereocenters. The van der Waals surface area contributed by atoms with Crippen molar-refractivity contribution in [3.05, 3.63) is 16.1 Å². The summed E-state index contributed by atoms with van der Waals surface area (Å²) in [6.45, 7) is 12.7. The van der Waals surface area contributed by atoms with E-state index in [0.717, 1.165) is 31.9 Å². The molecule has 1 N–H and O–H groups in total. The van der Waals surface area contributed by atoms with Gasteiger partial charge < -0.3 is 10.1 Å². The Morgan fingerprint density at radius 3 is 2.86 bits per heavy atom. The van der Waals surface area contributed by atoms with Crippen LogP contribution < -0.4 is 5.32 Å². The van der Waals surface area contributed by atoms with Crippen molar-refractivity contribution < 1.29 is 4.74 Å². The lowest BCUT2D eigenvalue weighted by molar-refractivity contribution is -0.0820. The number of hydrogen-bond donors (Lipinski definition) is 1. The van der Waals surface area contributed by atoms with E-state index in [1.807, 2.05) is 17.5 Å². The Balaban J connectivity index is 2.12. The Morgan fingerprint density at radius 2 is 2.24 bits per heavy atom. The molecule has 1 saturated carbocycles. The summed E-state index contributed by atoms with van der Waals surface area (Å²) in [6.07, 6.45) is 6.82. The van der Waals surface area contributed by atoms with E-state index in [-0.39, 0.29) is 11.1 Å². The van der Waals surface area contributed by atoms with E-state index in [0.29, 0.717) is 0 Å². The lowest BCUT2D eigenvalue weighted by Gasteiger charge is -2.38. The predicted molar refractivity (Wildman–Crippen MR) is 89.6 cm³/mol. The molecule has 1 aromatic rings. The molecule has 1 aromatic heterocycles. The normalized spacial score (nSPS) is 27.0. The molecule has 1 heterocycles. The van der Waals surface area contributed by atoms with Crippen molar-refractivity contribution in [3.63, 3.8) is 0 Å². The van der Waals surface area contributed by atoms with E-state index in [1.54, 1.807) is 0 Å². The number of nitrogens with zero attached hydrogens (tertiary/aromatic N) is 1. The van der Waals surface area contributed by atoms with Gasteiger partial charge >= 0.3 is 0 Å². The van der Waals surface area contributed by atoms with Crippen LogP contribution in [0.3, 0.4) is 0 Å². The van der Waals surface area contributed by atoms with Crippen molar-refractivity contribution in [2.24, 2.45) is 5.92 Å². The van der Waals surface area contributed by atoms with Gasteiger partial charge in [-0.1, -0.05) is 13.3 Å². The highest BCUT2D eigenvalue weighted by molar-refractivity contribution is 7.11. The predicted octanol–water partition coefficient (Wildman–Crippen LogP) is 4.47. The van der Waals surface area contributed by atoms with Crippen LogP contribution in [0.25, 0.3) is 0 Å². The first-order valence-electron chi connectivity index (χ1n) is 8.19. The van der Waals surface area contributed by atoms with Crippen LogP contribution in [-0.4, -0.2) is 17.1 Å². The smallest absolute Gasteiger partial charge is 0.125 e. The molecular formula is C17H30N2OS. The van der Waals surface area contributed by atoms with Crippen LogP contribution in [0.15, 0.2) is 6.20 Å². The zero-order chi connectivity index (χ0) is 15.5. The Labute approximate surface area is 133 Å². The topological polar surface area (TPSA) is 34.1 Å². The van der Waals surface area contributed by atoms with E-state index < -0.39 is 0 Å². The van der Waals surface area contributed by atoms with Crippen LogP contribution >= 0.6 is 11.3 Å². The third-order valence-corrected chi connectivity index (χ3v) is 5.30. The molecule has 21 heavy (non-hydrogen) atoms. The number of hydrogen-bond acceptors (Lipinski definition) is 4. The van der Waals surface area contributed by atoms with Gasteiger partial charge in [-0.25, -0.2) is 4.98 Å². The third-order valence-electron chi connectivity index (χ3n) is 4.11. The fourth-order valence-corrected chi connectivity index (χ4v) is 4.15. The molecule has 0 radical (unpaired) electrons. The van der Waals surface area contributed by atoms with Crippen molar-refractivity contribution in [2.45, 2.75) is 78.0 Å². The van der Waals surface area contributed by atoms with Crippen LogP contribution in [0.5, 0.6) is 0 Å². The average molecular weight is 311 g/mol. The van der Waals surface area contributed by atoms with Crippen molar-refractivity contribution in [2.75, 3.05) is 6.61 Å². The quantitative estimate of drug-likeness (QED) is 0.871. The van der Waals surface area contributed by atoms with Gasteiger partial charge in [0, 0.05) is 29.8 Å². The molecule has 1 fully saturated rings. The first-order valence-corrected chi connectivity index (χ1v) is 9.00. The molecule has 0 spiro atoms. The fourth-order valence-electron chi connectivity index (χ4n) is 3.12. The van der Waals surface area contributed by atoms with Gasteiger partial charge in [0.25, 0.3) is 0 Å². The standard InChI is InChI=1S/C17H30N2OS/c1-6-20-17(9-7-8-13(2)10-17)15-18-11-14(21-15)12-19-16(3,4)5/h11,13,19H,6-10,12H2,1-5H3. The maximum absolute atomic E-state index is 6.21. The number of thiazole rings is 1. The van der Waals surface area contributed by atoms with Gasteiger partial charge in [0.2, 0.25) is 0 Å². The number of nitrogens with one attached hydrogen (secondary N) is 1. The summed E-state index contributed by atoms with van der Waals surface area (Å²) >= 11 is 1.82. The molecule has 0 saturated heterocycles. The maximum Gasteiger partial charge on any atom is 0.125 e. The van der Waals surface area contributed by atoms with Crippen LogP contribution in [-0.2, 0) is 16.9 Å². The van der Waals surface area contributed by atoms with E-state index in [1.165, 1.54) is 22.7 Å². The van der Waals surface area contributed by atoms with E-state index >= 15 is 0 Å². The van der Waals surface area contributed by atoms with E-state index in [4.69, 9.17) is 9.72 Å². The van der Waals surface area contributed by atoms with E-state index in [2.05, 4.69) is 39.9 Å². The van der Waals surface area contributed by atoms with Crippen LogP contribution in [0.1, 0.15) is 70.2 Å². The Kier molecular flexibility index (Phi) is 5.44. The summed E-state index contributed by atoms with van der Waals surface area (Å²) in [5.41, 5.74) is 0.0121. The zero-order valence-electron chi connectivity index (χ0n) is 14.2. The van der Waals surface area contributed by atoms with Gasteiger partial charge in [-0.3, -0.25) is 0 Å². The van der Waals surface area contributed by atoms with Crippen LogP contribution in [0.4, 0.5) is 0 Å². The van der Waals surface area contributed by atoms with Gasteiger partial charge in [-0.15, -0.1) is 11.3 Å². The van der Waals surface area contributed by atoms with Gasteiger partial charge in [-0.2, -0.15) is 0 Å². The lowest BCUT2D eigenvalue weighted by Crippen LogP contribution is -2.35. The highest BCUT2D eigenvalue weighted by Gasteiger charge is 2.39. The monoisotopic (exact) mass is 310 g/mol. The third kappa shape index (κ3) is 4.51. The summed E-state index contributed by atoms with van der Waals surface area (Å²) in [4.78, 5) is 6.02. The molecule has 120 valence electrons. The first-order chi connectivity index (χ1) is 9.85. The summed E-state index contributed by atoms with van der Waals surface area (Å²) in [6, 6.07) is 0. The molecule has 0 aromatic carbocycles. The second-order valence-corrected chi connectivity index (χ2v) is 8.48. The Bertz CT molecular complexity index is 448. The summed E-state index contributed by atoms with van der Waals surface area (Å²) in [5, 5.41) is 4.72. The largest absolute Gasteiger partial charge is 0.368 e. The van der Waals surface area contributed by atoms with Crippen molar-refractivity contribution in [1.29, 1.82) is 0 Å². The lowest BCUT2D eigenvalue weighted by atomic mass is 9.79. The van der Waals surface area contributed by atoms with Gasteiger partial charge in [0.05, 0.1) is 0 Å². The highest BCUT2D eigenvalue weighted by Crippen LogP contribution is 2.44. The number of ether oxygens (including phenoxy) is 1. The molecule has 1 aliphatic rings. The molecule has 0 amide bonds. The molecule has 4 heteroatoms. The Hall–Kier alpha value is -0.450. The minimum Gasteiger partial charge on any atom is -0.368 e. The molecule has 2 atom stereocenters. The highest BCUT2D eigenvalue weighted by atomic mass is 32.1. The first kappa shape index (κ1) is 16.9. The summed E-state index contributed by atoms with van der Waals surface area (Å²) in [7, 11) is 0. The molecule has 0 bridgehead atoms. The molecule has 2 rings (SSSR count). The second-order valence-electron chi connectivity index (χ2n) is 7.36. The van der Waals surface area contributed by atoms with Crippen molar-refractivity contribution in [3.8, 4) is 0 Å². The second kappa shape index (κ2) is 6.76. The van der Waals surface area contributed by atoms with Crippen molar-refractivity contribution >= 4 is 11.3 Å². The minimum atomic E-state index is -0.128. The minimum absolute atomic E-state index is 0.128. The maximum atomic E-state index is 6.21. The molecular weight excluding hydrogens is 280 g/mol. The molecule has 1 aliphatic carbocycles. The summed E-state index contributed by atoms with van der Waals surface area (Å²) < 4.78 is 6.21. The molecule has 0 aliphatic heterocycles. The zero-order valence-corrected chi connectivity index (χ0v) is 15.0. The van der Waals surface area contributed by atoms with Gasteiger partial charge in [0.15, 0.2) is 0 Å². The van der Waals surface area contributed by atoms with E-state index in [9.17, 15) is 0 Å². The average Bonchev–Trinajstić information content (AvgIpc) is 2.85. The fraction of sp³-hybridized carbons (Fsp3) is 0.824. The number of aromatic nitrogens is 1. The SMILES string of the molecule is CCOC1(c2ncc(CNC(C)(C)C)s2)CCCC(C)C1. The van der Waals surface area contributed by atoms with Crippen LogP contribution in [0, 0.1) is 5.92 Å². The Morgan fingerprint density at radius 1 is 1.48 bits per heavy atom. The van der Waals surface area contributed by atoms with Gasteiger partial charge in [-0.05, 0) is 52.9 Å². The summed E-state index contributed by atoms with van der Waals surface area (Å²) in [5.74, 6) is 0.727. The van der Waals surface area contributed by atoms with Crippen LogP contribution in [0.2, 0.25) is 0 Å². The molecule has 3 nitrogen and oxygen atoms in total. The van der Waals surface area contributed by atoms with Gasteiger partial charge in [0.1, 0.15) is 10.6 Å². The number of rotatable bonds is 5. The van der Waals surface area contributed by atoms with Crippen molar-refractivity contribution in [1.82, 2.24) is 10.3 Å².